The zero-order valence-corrected chi connectivity index (χ0v) is 12.5. The SMILES string of the molecule is CC(NC(=O)CC1CCCS(=O)(=O)C1)c1ccccc1. The Morgan fingerprint density at radius 3 is 2.70 bits per heavy atom. The van der Waals surface area contributed by atoms with Crippen LogP contribution >= 0.6 is 0 Å². The molecule has 1 aliphatic rings. The molecule has 4 nitrogen and oxygen atoms in total. The number of amides is 1. The van der Waals surface area contributed by atoms with Crippen molar-refractivity contribution in [2.75, 3.05) is 11.5 Å². The molecule has 1 aromatic carbocycles. The van der Waals surface area contributed by atoms with Crippen LogP contribution in [-0.2, 0) is 14.6 Å². The summed E-state index contributed by atoms with van der Waals surface area (Å²) in [5.41, 5.74) is 1.05. The van der Waals surface area contributed by atoms with Crippen LogP contribution in [0.3, 0.4) is 0 Å². The van der Waals surface area contributed by atoms with Crippen LogP contribution in [0.2, 0.25) is 0 Å². The van der Waals surface area contributed by atoms with Gasteiger partial charge in [-0.15, -0.1) is 0 Å². The molecule has 0 aromatic heterocycles. The molecular weight excluding hydrogens is 274 g/mol. The maximum Gasteiger partial charge on any atom is 0.220 e. The molecule has 2 atom stereocenters. The molecule has 20 heavy (non-hydrogen) atoms. The smallest absolute Gasteiger partial charge is 0.220 e. The van der Waals surface area contributed by atoms with Crippen LogP contribution in [0.5, 0.6) is 0 Å². The van der Waals surface area contributed by atoms with Gasteiger partial charge >= 0.3 is 0 Å². The third-order valence-corrected chi connectivity index (χ3v) is 5.60. The van der Waals surface area contributed by atoms with Gasteiger partial charge in [0.1, 0.15) is 0 Å². The minimum Gasteiger partial charge on any atom is -0.350 e. The van der Waals surface area contributed by atoms with Crippen LogP contribution in [0.25, 0.3) is 0 Å². The molecular formula is C15H21NO3S. The second-order valence-corrected chi connectivity index (χ2v) is 7.76. The first-order valence-electron chi connectivity index (χ1n) is 7.01. The zero-order chi connectivity index (χ0) is 14.6. The van der Waals surface area contributed by atoms with Gasteiger partial charge in [-0.05, 0) is 31.2 Å². The number of sulfone groups is 1. The minimum absolute atomic E-state index is 0.0308. The van der Waals surface area contributed by atoms with Gasteiger partial charge in [0.15, 0.2) is 9.84 Å². The summed E-state index contributed by atoms with van der Waals surface area (Å²) in [5.74, 6) is 0.325. The fourth-order valence-corrected chi connectivity index (χ4v) is 4.44. The van der Waals surface area contributed by atoms with Crippen molar-refractivity contribution >= 4 is 15.7 Å². The Hall–Kier alpha value is -1.36. The molecule has 1 aromatic rings. The summed E-state index contributed by atoms with van der Waals surface area (Å²) in [6, 6.07) is 9.69. The Bertz CT molecular complexity index is 554. The van der Waals surface area contributed by atoms with Crippen molar-refractivity contribution in [3.63, 3.8) is 0 Å². The maximum absolute atomic E-state index is 12.0. The predicted octanol–water partition coefficient (Wildman–Crippen LogP) is 2.08. The van der Waals surface area contributed by atoms with E-state index in [2.05, 4.69) is 5.32 Å². The normalized spacial score (nSPS) is 22.9. The number of carbonyl (C=O) groups is 1. The Kier molecular flexibility index (Phi) is 4.81. The fourth-order valence-electron chi connectivity index (χ4n) is 2.67. The molecule has 0 bridgehead atoms. The van der Waals surface area contributed by atoms with E-state index in [1.165, 1.54) is 0 Å². The molecule has 2 rings (SSSR count). The monoisotopic (exact) mass is 295 g/mol. The van der Waals surface area contributed by atoms with Gasteiger partial charge < -0.3 is 5.32 Å². The van der Waals surface area contributed by atoms with Crippen LogP contribution in [0, 0.1) is 5.92 Å². The van der Waals surface area contributed by atoms with E-state index < -0.39 is 9.84 Å². The van der Waals surface area contributed by atoms with Crippen LogP contribution < -0.4 is 5.32 Å². The summed E-state index contributed by atoms with van der Waals surface area (Å²) in [6.45, 7) is 1.94. The number of hydrogen-bond acceptors (Lipinski definition) is 3. The highest BCUT2D eigenvalue weighted by atomic mass is 32.2. The molecule has 1 amide bonds. The van der Waals surface area contributed by atoms with Gasteiger partial charge in [-0.3, -0.25) is 4.79 Å². The lowest BCUT2D eigenvalue weighted by molar-refractivity contribution is -0.122. The van der Waals surface area contributed by atoms with Crippen LogP contribution in [0.1, 0.15) is 37.8 Å². The van der Waals surface area contributed by atoms with Gasteiger partial charge in [0, 0.05) is 6.42 Å². The first kappa shape index (κ1) is 15.0. The lowest BCUT2D eigenvalue weighted by atomic mass is 10.0. The highest BCUT2D eigenvalue weighted by Crippen LogP contribution is 2.21. The average Bonchev–Trinajstić information content (AvgIpc) is 2.38. The number of hydrogen-bond donors (Lipinski definition) is 1. The summed E-state index contributed by atoms with van der Waals surface area (Å²) in [4.78, 5) is 12.0. The summed E-state index contributed by atoms with van der Waals surface area (Å²) in [5, 5.41) is 2.94. The van der Waals surface area contributed by atoms with Crippen molar-refractivity contribution in [2.45, 2.75) is 32.2 Å². The topological polar surface area (TPSA) is 63.2 Å². The molecule has 5 heteroatoms. The highest BCUT2D eigenvalue weighted by Gasteiger charge is 2.26. The van der Waals surface area contributed by atoms with Gasteiger partial charge in [-0.1, -0.05) is 30.3 Å². The Labute approximate surface area is 120 Å². The van der Waals surface area contributed by atoms with Crippen molar-refractivity contribution in [1.82, 2.24) is 5.32 Å². The highest BCUT2D eigenvalue weighted by molar-refractivity contribution is 7.91. The Morgan fingerprint density at radius 1 is 1.35 bits per heavy atom. The van der Waals surface area contributed by atoms with Crippen LogP contribution in [-0.4, -0.2) is 25.8 Å². The molecule has 2 unspecified atom stereocenters. The van der Waals surface area contributed by atoms with E-state index >= 15 is 0 Å². The van der Waals surface area contributed by atoms with E-state index in [0.717, 1.165) is 12.0 Å². The van der Waals surface area contributed by atoms with Crippen molar-refractivity contribution in [1.29, 1.82) is 0 Å². The van der Waals surface area contributed by atoms with Crippen molar-refractivity contribution in [2.24, 2.45) is 5.92 Å². The molecule has 1 saturated heterocycles. The molecule has 0 radical (unpaired) electrons. The van der Waals surface area contributed by atoms with Gasteiger partial charge in [0.05, 0.1) is 17.5 Å². The maximum atomic E-state index is 12.0. The Balaban J connectivity index is 1.86. The number of rotatable bonds is 4. The standard InChI is InChI=1S/C15H21NO3S/c1-12(14-7-3-2-4-8-14)16-15(17)10-13-6-5-9-20(18,19)11-13/h2-4,7-8,12-13H,5-6,9-11H2,1H3,(H,16,17). The number of benzene rings is 1. The van der Waals surface area contributed by atoms with Crippen molar-refractivity contribution in [3.05, 3.63) is 35.9 Å². The lowest BCUT2D eigenvalue weighted by Gasteiger charge is -2.22. The lowest BCUT2D eigenvalue weighted by Crippen LogP contribution is -2.32. The van der Waals surface area contributed by atoms with E-state index in [0.29, 0.717) is 12.8 Å². The van der Waals surface area contributed by atoms with Crippen molar-refractivity contribution < 1.29 is 13.2 Å². The molecule has 1 fully saturated rings. The molecule has 1 aliphatic heterocycles. The summed E-state index contributed by atoms with van der Waals surface area (Å²) >= 11 is 0. The first-order valence-corrected chi connectivity index (χ1v) is 8.83. The molecule has 110 valence electrons. The largest absolute Gasteiger partial charge is 0.350 e. The second kappa shape index (κ2) is 6.39. The zero-order valence-electron chi connectivity index (χ0n) is 11.7. The van der Waals surface area contributed by atoms with E-state index in [4.69, 9.17) is 0 Å². The quantitative estimate of drug-likeness (QED) is 0.925. The van der Waals surface area contributed by atoms with Crippen molar-refractivity contribution in [3.8, 4) is 0 Å². The summed E-state index contributed by atoms with van der Waals surface area (Å²) in [7, 11) is -2.94. The minimum atomic E-state index is -2.94. The average molecular weight is 295 g/mol. The predicted molar refractivity (Wildman–Crippen MR) is 79.0 cm³/mol. The second-order valence-electron chi connectivity index (χ2n) is 5.53. The van der Waals surface area contributed by atoms with E-state index in [9.17, 15) is 13.2 Å². The molecule has 1 N–H and O–H groups in total. The molecule has 0 aliphatic carbocycles. The van der Waals surface area contributed by atoms with Gasteiger partial charge in [0.25, 0.3) is 0 Å². The van der Waals surface area contributed by atoms with E-state index in [1.54, 1.807) is 0 Å². The number of nitrogens with one attached hydrogen (secondary N) is 1. The fraction of sp³-hybridized carbons (Fsp3) is 0.533. The summed E-state index contributed by atoms with van der Waals surface area (Å²) in [6.07, 6.45) is 1.80. The third-order valence-electron chi connectivity index (χ3n) is 3.71. The molecule has 0 saturated carbocycles. The Morgan fingerprint density at radius 2 is 2.05 bits per heavy atom. The molecule has 0 spiro atoms. The summed E-state index contributed by atoms with van der Waals surface area (Å²) < 4.78 is 23.1. The van der Waals surface area contributed by atoms with Crippen LogP contribution in [0.15, 0.2) is 30.3 Å². The molecule has 1 heterocycles. The first-order chi connectivity index (χ1) is 9.46. The van der Waals surface area contributed by atoms with Gasteiger partial charge in [-0.2, -0.15) is 0 Å². The van der Waals surface area contributed by atoms with Gasteiger partial charge in [-0.25, -0.2) is 8.42 Å². The van der Waals surface area contributed by atoms with E-state index in [-0.39, 0.29) is 29.4 Å². The third kappa shape index (κ3) is 4.34. The van der Waals surface area contributed by atoms with Crippen LogP contribution in [0.4, 0.5) is 0 Å². The van der Waals surface area contributed by atoms with Gasteiger partial charge in [0.2, 0.25) is 5.91 Å². The number of carbonyl (C=O) groups excluding carboxylic acids is 1. The van der Waals surface area contributed by atoms with E-state index in [1.807, 2.05) is 37.3 Å².